The van der Waals surface area contributed by atoms with Gasteiger partial charge in [-0.1, -0.05) is 19.1 Å². The Morgan fingerprint density at radius 1 is 1.11 bits per heavy atom. The maximum Gasteiger partial charge on any atom is 0.329 e. The van der Waals surface area contributed by atoms with E-state index in [9.17, 15) is 4.79 Å². The number of benzene rings is 1. The summed E-state index contributed by atoms with van der Waals surface area (Å²) in [7, 11) is 3.15. The molecule has 0 saturated heterocycles. The van der Waals surface area contributed by atoms with Crippen molar-refractivity contribution >= 4 is 11.0 Å². The van der Waals surface area contributed by atoms with Crippen LogP contribution in [0.5, 0.6) is 0 Å². The van der Waals surface area contributed by atoms with Crippen LogP contribution in [0, 0.1) is 0 Å². The van der Waals surface area contributed by atoms with E-state index in [4.69, 9.17) is 9.47 Å². The van der Waals surface area contributed by atoms with Gasteiger partial charge in [0.25, 0.3) is 0 Å². The van der Waals surface area contributed by atoms with Crippen molar-refractivity contribution in [1.82, 2.24) is 9.13 Å². The molecule has 0 N–H and O–H groups in total. The summed E-state index contributed by atoms with van der Waals surface area (Å²) in [6, 6.07) is 7.80. The smallest absolute Gasteiger partial charge is 0.329 e. The highest BCUT2D eigenvalue weighted by Crippen LogP contribution is 2.14. The zero-order valence-electron chi connectivity index (χ0n) is 11.6. The molecule has 0 aliphatic carbocycles. The molecule has 0 spiro atoms. The summed E-state index contributed by atoms with van der Waals surface area (Å²) in [6.45, 7) is 3.17. The third-order valence-electron chi connectivity index (χ3n) is 3.23. The van der Waals surface area contributed by atoms with Crippen molar-refractivity contribution in [3.8, 4) is 0 Å². The molecule has 1 aromatic heterocycles. The molecule has 0 aliphatic rings. The highest BCUT2D eigenvalue weighted by Gasteiger charge is 2.15. The summed E-state index contributed by atoms with van der Waals surface area (Å²) in [4.78, 5) is 12.5. The Morgan fingerprint density at radius 2 is 1.68 bits per heavy atom. The molecule has 0 bridgehead atoms. The van der Waals surface area contributed by atoms with Crippen molar-refractivity contribution in [1.29, 1.82) is 0 Å². The van der Waals surface area contributed by atoms with Crippen LogP contribution in [0.4, 0.5) is 0 Å². The number of fused-ring (bicyclic) bond motifs is 1. The molecule has 2 rings (SSSR count). The fraction of sp³-hybridized carbons (Fsp3) is 0.500. The van der Waals surface area contributed by atoms with Gasteiger partial charge in [0.05, 0.1) is 17.6 Å². The Labute approximate surface area is 112 Å². The molecule has 0 aliphatic heterocycles. The molecule has 104 valence electrons. The van der Waals surface area contributed by atoms with E-state index < -0.39 is 6.29 Å². The average Bonchev–Trinajstić information content (AvgIpc) is 2.70. The number of aromatic nitrogens is 2. The molecule has 5 heteroatoms. The van der Waals surface area contributed by atoms with E-state index in [-0.39, 0.29) is 5.69 Å². The first kappa shape index (κ1) is 13.8. The third kappa shape index (κ3) is 2.57. The van der Waals surface area contributed by atoms with Crippen molar-refractivity contribution in [2.75, 3.05) is 14.2 Å². The van der Waals surface area contributed by atoms with Crippen molar-refractivity contribution < 1.29 is 9.47 Å². The molecule has 0 atom stereocenters. The van der Waals surface area contributed by atoms with Gasteiger partial charge >= 0.3 is 5.69 Å². The Balaban J connectivity index is 2.54. The monoisotopic (exact) mass is 264 g/mol. The first-order valence-corrected chi connectivity index (χ1v) is 6.46. The number of aryl methyl sites for hydroxylation is 1. The Kier molecular flexibility index (Phi) is 4.39. The normalized spacial score (nSPS) is 11.6. The van der Waals surface area contributed by atoms with E-state index >= 15 is 0 Å². The summed E-state index contributed by atoms with van der Waals surface area (Å²) >= 11 is 0. The summed E-state index contributed by atoms with van der Waals surface area (Å²) in [5.41, 5.74) is 1.86. The second kappa shape index (κ2) is 6.04. The standard InChI is InChI=1S/C14H20N2O3/c1-4-9-15-11-7-5-6-8-12(11)16(14(15)17)10-13(18-2)19-3/h5-8,13H,4,9-10H2,1-3H3. The number of rotatable bonds is 6. The van der Waals surface area contributed by atoms with Crippen LogP contribution >= 0.6 is 0 Å². The molecular weight excluding hydrogens is 244 g/mol. The molecule has 1 aromatic carbocycles. The van der Waals surface area contributed by atoms with Gasteiger partial charge in [-0.3, -0.25) is 9.13 Å². The maximum atomic E-state index is 12.5. The van der Waals surface area contributed by atoms with Gasteiger partial charge in [-0.2, -0.15) is 0 Å². The maximum absolute atomic E-state index is 12.5. The minimum Gasteiger partial charge on any atom is -0.354 e. The van der Waals surface area contributed by atoms with Crippen molar-refractivity contribution in [2.45, 2.75) is 32.7 Å². The summed E-state index contributed by atoms with van der Waals surface area (Å²) in [6.07, 6.45) is 0.505. The number of ether oxygens (including phenoxy) is 2. The van der Waals surface area contributed by atoms with Gasteiger partial charge in [-0.05, 0) is 18.6 Å². The molecule has 0 fully saturated rings. The van der Waals surface area contributed by atoms with Crippen LogP contribution in [-0.4, -0.2) is 29.6 Å². The van der Waals surface area contributed by atoms with E-state index in [1.54, 1.807) is 23.4 Å². The summed E-state index contributed by atoms with van der Waals surface area (Å²) in [5, 5.41) is 0. The Morgan fingerprint density at radius 3 is 2.21 bits per heavy atom. The first-order chi connectivity index (χ1) is 9.22. The molecule has 2 aromatic rings. The zero-order chi connectivity index (χ0) is 13.8. The van der Waals surface area contributed by atoms with Gasteiger partial charge in [0.15, 0.2) is 6.29 Å². The van der Waals surface area contributed by atoms with Crippen molar-refractivity contribution in [3.05, 3.63) is 34.7 Å². The highest BCUT2D eigenvalue weighted by atomic mass is 16.7. The van der Waals surface area contributed by atoms with E-state index in [0.717, 1.165) is 24.0 Å². The topological polar surface area (TPSA) is 45.4 Å². The molecule has 5 nitrogen and oxygen atoms in total. The third-order valence-corrected chi connectivity index (χ3v) is 3.23. The first-order valence-electron chi connectivity index (χ1n) is 6.46. The van der Waals surface area contributed by atoms with Gasteiger partial charge in [-0.25, -0.2) is 4.79 Å². The largest absolute Gasteiger partial charge is 0.354 e. The molecule has 0 amide bonds. The zero-order valence-corrected chi connectivity index (χ0v) is 11.6. The fourth-order valence-electron chi connectivity index (χ4n) is 2.28. The molecule has 0 radical (unpaired) electrons. The Hall–Kier alpha value is -1.59. The average molecular weight is 264 g/mol. The quantitative estimate of drug-likeness (QED) is 0.748. The van der Waals surface area contributed by atoms with Crippen LogP contribution in [0.15, 0.2) is 29.1 Å². The van der Waals surface area contributed by atoms with Gasteiger partial charge in [0, 0.05) is 20.8 Å². The second-order valence-electron chi connectivity index (χ2n) is 4.43. The van der Waals surface area contributed by atoms with Crippen LogP contribution in [0.25, 0.3) is 11.0 Å². The number of methoxy groups -OCH3 is 2. The summed E-state index contributed by atoms with van der Waals surface area (Å²) in [5.74, 6) is 0. The number of hydrogen-bond donors (Lipinski definition) is 0. The van der Waals surface area contributed by atoms with E-state index in [0.29, 0.717) is 6.54 Å². The van der Waals surface area contributed by atoms with Crippen LogP contribution in [0.3, 0.4) is 0 Å². The number of imidazole rings is 1. The van der Waals surface area contributed by atoms with Crippen LogP contribution in [0.2, 0.25) is 0 Å². The molecule has 0 unspecified atom stereocenters. The molecule has 0 saturated carbocycles. The van der Waals surface area contributed by atoms with Crippen LogP contribution in [-0.2, 0) is 22.6 Å². The lowest BCUT2D eigenvalue weighted by Gasteiger charge is -2.13. The van der Waals surface area contributed by atoms with Crippen LogP contribution < -0.4 is 5.69 Å². The molecular formula is C14H20N2O3. The number of para-hydroxylation sites is 2. The SMILES string of the molecule is CCCn1c(=O)n(CC(OC)OC)c2ccccc21. The minimum absolute atomic E-state index is 0.0119. The van der Waals surface area contributed by atoms with Gasteiger partial charge < -0.3 is 9.47 Å². The van der Waals surface area contributed by atoms with Crippen LogP contribution in [0.1, 0.15) is 13.3 Å². The van der Waals surface area contributed by atoms with E-state index in [1.165, 1.54) is 0 Å². The minimum atomic E-state index is -0.418. The fourth-order valence-corrected chi connectivity index (χ4v) is 2.28. The molecule has 19 heavy (non-hydrogen) atoms. The lowest BCUT2D eigenvalue weighted by molar-refractivity contribution is -0.110. The Bertz CT molecular complexity index is 596. The lowest BCUT2D eigenvalue weighted by atomic mass is 10.3. The summed E-state index contributed by atoms with van der Waals surface area (Å²) < 4.78 is 13.9. The highest BCUT2D eigenvalue weighted by molar-refractivity contribution is 5.75. The van der Waals surface area contributed by atoms with E-state index in [2.05, 4.69) is 6.92 Å². The van der Waals surface area contributed by atoms with Crippen molar-refractivity contribution in [2.24, 2.45) is 0 Å². The van der Waals surface area contributed by atoms with E-state index in [1.807, 2.05) is 24.3 Å². The lowest BCUT2D eigenvalue weighted by Crippen LogP contribution is -2.30. The predicted octanol–water partition coefficient (Wildman–Crippen LogP) is 1.83. The van der Waals surface area contributed by atoms with Gasteiger partial charge in [0.2, 0.25) is 0 Å². The van der Waals surface area contributed by atoms with Gasteiger partial charge in [0.1, 0.15) is 0 Å². The number of hydrogen-bond acceptors (Lipinski definition) is 3. The number of nitrogens with zero attached hydrogens (tertiary/aromatic N) is 2. The second-order valence-corrected chi connectivity index (χ2v) is 4.43. The van der Waals surface area contributed by atoms with Crippen molar-refractivity contribution in [3.63, 3.8) is 0 Å². The predicted molar refractivity (Wildman–Crippen MR) is 74.3 cm³/mol. The van der Waals surface area contributed by atoms with Gasteiger partial charge in [-0.15, -0.1) is 0 Å². The molecule has 1 heterocycles.